The van der Waals surface area contributed by atoms with Crippen molar-refractivity contribution in [2.75, 3.05) is 6.54 Å². The number of halogens is 3. The largest absolute Gasteiger partial charge is 0.416 e. The van der Waals surface area contributed by atoms with Crippen molar-refractivity contribution in [3.63, 3.8) is 0 Å². The Morgan fingerprint density at radius 1 is 1.05 bits per heavy atom. The number of hydrogen-bond acceptors (Lipinski definition) is 1. The first-order chi connectivity index (χ1) is 9.09. The van der Waals surface area contributed by atoms with Crippen LogP contribution in [-0.4, -0.2) is 23.0 Å². The van der Waals surface area contributed by atoms with Crippen molar-refractivity contribution in [1.29, 1.82) is 0 Å². The maximum Gasteiger partial charge on any atom is 0.416 e. The number of nitrogens with zero attached hydrogens (tertiary/aromatic N) is 1. The fourth-order valence-corrected chi connectivity index (χ4v) is 3.15. The highest BCUT2D eigenvalue weighted by atomic mass is 19.4. The minimum Gasteiger partial charge on any atom is -0.295 e. The van der Waals surface area contributed by atoms with Crippen molar-refractivity contribution < 1.29 is 13.2 Å². The fraction of sp³-hybridized carbons (Fsp3) is 0.625. The standard InChI is InChI=1S/C16H22F3N/c1-11-9-13(10-20(11)15(2,3)4)12-5-7-14(8-6-12)16(17,18)19/h5-8,11,13H,9-10H2,1-4H3/t11-,13?/m0/s1. The van der Waals surface area contributed by atoms with Gasteiger partial charge >= 0.3 is 6.18 Å². The summed E-state index contributed by atoms with van der Waals surface area (Å²) in [7, 11) is 0. The first-order valence-corrected chi connectivity index (χ1v) is 7.03. The summed E-state index contributed by atoms with van der Waals surface area (Å²) in [6, 6.07) is 6.11. The van der Waals surface area contributed by atoms with E-state index in [4.69, 9.17) is 0 Å². The van der Waals surface area contributed by atoms with Crippen LogP contribution in [0.25, 0.3) is 0 Å². The van der Waals surface area contributed by atoms with E-state index in [2.05, 4.69) is 32.6 Å². The van der Waals surface area contributed by atoms with Crippen LogP contribution in [0.2, 0.25) is 0 Å². The highest BCUT2D eigenvalue weighted by Gasteiger charge is 2.36. The van der Waals surface area contributed by atoms with Gasteiger partial charge < -0.3 is 0 Å². The van der Waals surface area contributed by atoms with Gasteiger partial charge in [0.05, 0.1) is 5.56 Å². The maximum absolute atomic E-state index is 12.6. The van der Waals surface area contributed by atoms with Crippen LogP contribution in [0.15, 0.2) is 24.3 Å². The Balaban J connectivity index is 2.14. The summed E-state index contributed by atoms with van der Waals surface area (Å²) in [6.07, 6.45) is -3.25. The molecule has 1 aliphatic rings. The molecule has 2 rings (SSSR count). The molecule has 112 valence electrons. The van der Waals surface area contributed by atoms with E-state index in [1.54, 1.807) is 12.1 Å². The van der Waals surface area contributed by atoms with Crippen molar-refractivity contribution in [2.45, 2.75) is 57.8 Å². The molecule has 1 heterocycles. The fourth-order valence-electron chi connectivity index (χ4n) is 3.15. The quantitative estimate of drug-likeness (QED) is 0.724. The Kier molecular flexibility index (Phi) is 3.89. The Labute approximate surface area is 118 Å². The molecule has 1 aromatic carbocycles. The van der Waals surface area contributed by atoms with Crippen molar-refractivity contribution in [2.24, 2.45) is 0 Å². The second-order valence-electron chi connectivity index (χ2n) is 6.72. The zero-order valence-electron chi connectivity index (χ0n) is 12.5. The number of benzene rings is 1. The lowest BCUT2D eigenvalue weighted by atomic mass is 9.96. The molecular formula is C16H22F3N. The van der Waals surface area contributed by atoms with E-state index in [1.165, 1.54) is 12.1 Å². The monoisotopic (exact) mass is 285 g/mol. The molecule has 4 heteroatoms. The Morgan fingerprint density at radius 3 is 2.00 bits per heavy atom. The number of alkyl halides is 3. The van der Waals surface area contributed by atoms with Gasteiger partial charge in [0.15, 0.2) is 0 Å². The van der Waals surface area contributed by atoms with E-state index in [0.717, 1.165) is 18.5 Å². The first-order valence-electron chi connectivity index (χ1n) is 7.03. The minimum atomic E-state index is -4.25. The predicted molar refractivity (Wildman–Crippen MR) is 74.7 cm³/mol. The summed E-state index contributed by atoms with van der Waals surface area (Å²) in [6.45, 7) is 9.64. The van der Waals surface area contributed by atoms with E-state index >= 15 is 0 Å². The van der Waals surface area contributed by atoms with Gasteiger partial charge in [0, 0.05) is 18.1 Å². The van der Waals surface area contributed by atoms with E-state index in [1.807, 2.05) is 0 Å². The zero-order chi connectivity index (χ0) is 15.1. The Hall–Kier alpha value is -1.03. The summed E-state index contributed by atoms with van der Waals surface area (Å²) < 4.78 is 37.7. The molecule has 1 aromatic rings. The Morgan fingerprint density at radius 2 is 1.60 bits per heavy atom. The van der Waals surface area contributed by atoms with E-state index < -0.39 is 11.7 Å². The van der Waals surface area contributed by atoms with Crippen LogP contribution in [0.3, 0.4) is 0 Å². The normalized spacial score (nSPS) is 25.1. The van der Waals surface area contributed by atoms with Crippen LogP contribution in [0, 0.1) is 0 Å². The zero-order valence-corrected chi connectivity index (χ0v) is 12.5. The summed E-state index contributed by atoms with van der Waals surface area (Å²) in [5, 5.41) is 0. The Bertz CT molecular complexity index is 456. The lowest BCUT2D eigenvalue weighted by Gasteiger charge is -2.35. The molecule has 1 unspecified atom stereocenters. The van der Waals surface area contributed by atoms with Gasteiger partial charge in [-0.1, -0.05) is 12.1 Å². The lowest BCUT2D eigenvalue weighted by Crippen LogP contribution is -2.43. The van der Waals surface area contributed by atoms with Crippen molar-refractivity contribution in [3.05, 3.63) is 35.4 Å². The van der Waals surface area contributed by atoms with Crippen LogP contribution in [0.5, 0.6) is 0 Å². The highest BCUT2D eigenvalue weighted by Crippen LogP contribution is 2.37. The second-order valence-corrected chi connectivity index (χ2v) is 6.72. The van der Waals surface area contributed by atoms with Crippen LogP contribution in [0.1, 0.15) is 51.2 Å². The average Bonchev–Trinajstić information content (AvgIpc) is 2.70. The van der Waals surface area contributed by atoms with Crippen molar-refractivity contribution >= 4 is 0 Å². The molecule has 0 bridgehead atoms. The molecule has 0 radical (unpaired) electrons. The summed E-state index contributed by atoms with van der Waals surface area (Å²) in [5.74, 6) is 0.325. The molecule has 20 heavy (non-hydrogen) atoms. The first kappa shape index (κ1) is 15.4. The van der Waals surface area contributed by atoms with Gasteiger partial charge in [-0.3, -0.25) is 4.90 Å². The average molecular weight is 285 g/mol. The van der Waals surface area contributed by atoms with E-state index in [0.29, 0.717) is 12.0 Å². The number of likely N-dealkylation sites (tertiary alicyclic amines) is 1. The van der Waals surface area contributed by atoms with Crippen molar-refractivity contribution in [3.8, 4) is 0 Å². The van der Waals surface area contributed by atoms with Gasteiger partial charge in [-0.05, 0) is 57.7 Å². The molecule has 0 saturated carbocycles. The van der Waals surface area contributed by atoms with Crippen LogP contribution < -0.4 is 0 Å². The topological polar surface area (TPSA) is 3.24 Å². The van der Waals surface area contributed by atoms with Crippen LogP contribution in [-0.2, 0) is 6.18 Å². The van der Waals surface area contributed by atoms with Gasteiger partial charge in [0.1, 0.15) is 0 Å². The van der Waals surface area contributed by atoms with Gasteiger partial charge in [-0.25, -0.2) is 0 Å². The molecule has 0 amide bonds. The lowest BCUT2D eigenvalue weighted by molar-refractivity contribution is -0.137. The maximum atomic E-state index is 12.6. The van der Waals surface area contributed by atoms with E-state index in [9.17, 15) is 13.2 Å². The molecule has 0 aromatic heterocycles. The van der Waals surface area contributed by atoms with Crippen LogP contribution >= 0.6 is 0 Å². The molecule has 0 N–H and O–H groups in total. The van der Waals surface area contributed by atoms with E-state index in [-0.39, 0.29) is 5.54 Å². The molecule has 2 atom stereocenters. The molecule has 1 nitrogen and oxygen atoms in total. The predicted octanol–water partition coefficient (Wildman–Crippen LogP) is 4.68. The van der Waals surface area contributed by atoms with Gasteiger partial charge in [-0.15, -0.1) is 0 Å². The van der Waals surface area contributed by atoms with Crippen molar-refractivity contribution in [1.82, 2.24) is 4.90 Å². The molecule has 1 fully saturated rings. The highest BCUT2D eigenvalue weighted by molar-refractivity contribution is 5.28. The summed E-state index contributed by atoms with van der Waals surface area (Å²) in [4.78, 5) is 2.43. The third kappa shape index (κ3) is 3.17. The SMILES string of the molecule is C[C@H]1CC(c2ccc(C(F)(F)F)cc2)CN1C(C)(C)C. The molecule has 1 saturated heterocycles. The number of rotatable bonds is 1. The van der Waals surface area contributed by atoms with Gasteiger partial charge in [0.2, 0.25) is 0 Å². The molecule has 1 aliphatic heterocycles. The minimum absolute atomic E-state index is 0.0973. The summed E-state index contributed by atoms with van der Waals surface area (Å²) in [5.41, 5.74) is 0.539. The third-order valence-corrected chi connectivity index (χ3v) is 4.15. The van der Waals surface area contributed by atoms with Gasteiger partial charge in [-0.2, -0.15) is 13.2 Å². The molecule has 0 spiro atoms. The third-order valence-electron chi connectivity index (χ3n) is 4.15. The smallest absolute Gasteiger partial charge is 0.295 e. The number of hydrogen-bond donors (Lipinski definition) is 0. The molecular weight excluding hydrogens is 263 g/mol. The second kappa shape index (κ2) is 5.06. The molecule has 0 aliphatic carbocycles. The van der Waals surface area contributed by atoms with Gasteiger partial charge in [0.25, 0.3) is 0 Å². The van der Waals surface area contributed by atoms with Crippen LogP contribution in [0.4, 0.5) is 13.2 Å². The summed E-state index contributed by atoms with van der Waals surface area (Å²) >= 11 is 0.